The van der Waals surface area contributed by atoms with E-state index in [1.54, 1.807) is 0 Å². The molecule has 5 heteroatoms. The SMILES string of the molecule is C[C@H](Cc1c(F)cc(C2CCC(C(=O)Oc3ccc(F)cc3)CC2)cc1F)c1ccccc1. The highest BCUT2D eigenvalue weighted by Gasteiger charge is 2.29. The van der Waals surface area contributed by atoms with Crippen LogP contribution >= 0.6 is 0 Å². The summed E-state index contributed by atoms with van der Waals surface area (Å²) in [7, 11) is 0. The van der Waals surface area contributed by atoms with Crippen molar-refractivity contribution in [3.8, 4) is 5.75 Å². The zero-order valence-corrected chi connectivity index (χ0v) is 18.6. The summed E-state index contributed by atoms with van der Waals surface area (Å²) in [5.74, 6) is -1.71. The van der Waals surface area contributed by atoms with Crippen LogP contribution in [0.5, 0.6) is 5.75 Å². The average Bonchev–Trinajstić information content (AvgIpc) is 2.83. The van der Waals surface area contributed by atoms with Crippen molar-refractivity contribution < 1.29 is 22.7 Å². The molecule has 0 aliphatic heterocycles. The third-order valence-electron chi connectivity index (χ3n) is 6.61. The van der Waals surface area contributed by atoms with Crippen LogP contribution in [0.2, 0.25) is 0 Å². The normalized spacial score (nSPS) is 19.2. The lowest BCUT2D eigenvalue weighted by Gasteiger charge is -2.28. The third-order valence-corrected chi connectivity index (χ3v) is 6.61. The second kappa shape index (κ2) is 10.2. The Kier molecular flexibility index (Phi) is 7.17. The van der Waals surface area contributed by atoms with Gasteiger partial charge in [0.15, 0.2) is 0 Å². The van der Waals surface area contributed by atoms with Crippen molar-refractivity contribution in [3.63, 3.8) is 0 Å². The number of ether oxygens (including phenoxy) is 1. The number of carbonyl (C=O) groups excluding carboxylic acids is 1. The molecule has 2 nitrogen and oxygen atoms in total. The zero-order chi connectivity index (χ0) is 23.4. The van der Waals surface area contributed by atoms with Gasteiger partial charge in [-0.2, -0.15) is 0 Å². The second-order valence-electron chi connectivity index (χ2n) is 8.90. The van der Waals surface area contributed by atoms with Gasteiger partial charge in [-0.15, -0.1) is 0 Å². The van der Waals surface area contributed by atoms with Crippen LogP contribution in [0.1, 0.15) is 61.1 Å². The Balaban J connectivity index is 1.37. The fourth-order valence-corrected chi connectivity index (χ4v) is 4.62. The van der Waals surface area contributed by atoms with Gasteiger partial charge in [0.25, 0.3) is 0 Å². The van der Waals surface area contributed by atoms with Crippen LogP contribution in [-0.2, 0) is 11.2 Å². The van der Waals surface area contributed by atoms with Gasteiger partial charge in [0.05, 0.1) is 5.92 Å². The molecule has 0 saturated heterocycles. The fraction of sp³-hybridized carbons (Fsp3) is 0.321. The van der Waals surface area contributed by atoms with Gasteiger partial charge in [-0.3, -0.25) is 4.79 Å². The smallest absolute Gasteiger partial charge is 0.314 e. The Morgan fingerprint density at radius 3 is 2.12 bits per heavy atom. The third kappa shape index (κ3) is 5.65. The lowest BCUT2D eigenvalue weighted by atomic mass is 9.78. The van der Waals surface area contributed by atoms with Crippen LogP contribution in [0.3, 0.4) is 0 Å². The minimum absolute atomic E-state index is 0.00334. The van der Waals surface area contributed by atoms with Gasteiger partial charge in [0, 0.05) is 5.56 Å². The number of esters is 1. The van der Waals surface area contributed by atoms with Crippen LogP contribution in [-0.4, -0.2) is 5.97 Å². The first kappa shape index (κ1) is 23.1. The molecule has 4 rings (SSSR count). The fourth-order valence-electron chi connectivity index (χ4n) is 4.62. The van der Waals surface area contributed by atoms with Gasteiger partial charge in [-0.1, -0.05) is 37.3 Å². The Labute approximate surface area is 192 Å². The van der Waals surface area contributed by atoms with Gasteiger partial charge in [-0.05, 0) is 91.5 Å². The highest BCUT2D eigenvalue weighted by Crippen LogP contribution is 2.38. The summed E-state index contributed by atoms with van der Waals surface area (Å²) in [6, 6.07) is 17.9. The lowest BCUT2D eigenvalue weighted by molar-refractivity contribution is -0.140. The van der Waals surface area contributed by atoms with Crippen LogP contribution in [0.25, 0.3) is 0 Å². The molecule has 0 amide bonds. The summed E-state index contributed by atoms with van der Waals surface area (Å²) >= 11 is 0. The van der Waals surface area contributed by atoms with Gasteiger partial charge in [0.1, 0.15) is 23.2 Å². The summed E-state index contributed by atoms with van der Waals surface area (Å²) in [5, 5.41) is 0. The largest absolute Gasteiger partial charge is 0.426 e. The number of hydrogen-bond donors (Lipinski definition) is 0. The van der Waals surface area contributed by atoms with E-state index in [0.29, 0.717) is 43.4 Å². The van der Waals surface area contributed by atoms with Crippen molar-refractivity contribution in [2.24, 2.45) is 5.92 Å². The summed E-state index contributed by atoms with van der Waals surface area (Å²) in [6.07, 6.45) is 2.77. The number of rotatable bonds is 6. The van der Waals surface area contributed by atoms with Gasteiger partial charge in [-0.25, -0.2) is 13.2 Å². The first-order valence-corrected chi connectivity index (χ1v) is 11.4. The number of benzene rings is 3. The van der Waals surface area contributed by atoms with Crippen molar-refractivity contribution in [1.29, 1.82) is 0 Å². The molecule has 1 aliphatic carbocycles. The van der Waals surface area contributed by atoms with E-state index in [9.17, 15) is 18.0 Å². The van der Waals surface area contributed by atoms with Crippen molar-refractivity contribution in [2.45, 2.75) is 50.9 Å². The number of halogens is 3. The van der Waals surface area contributed by atoms with E-state index >= 15 is 0 Å². The molecule has 0 unspecified atom stereocenters. The summed E-state index contributed by atoms with van der Waals surface area (Å²) in [6.45, 7) is 1.97. The van der Waals surface area contributed by atoms with E-state index in [2.05, 4.69) is 0 Å². The van der Waals surface area contributed by atoms with Crippen LogP contribution < -0.4 is 4.74 Å². The molecule has 1 saturated carbocycles. The Morgan fingerprint density at radius 1 is 0.909 bits per heavy atom. The molecule has 1 atom stereocenters. The molecule has 0 bridgehead atoms. The van der Waals surface area contributed by atoms with Crippen molar-refractivity contribution in [3.05, 3.63) is 101 Å². The summed E-state index contributed by atoms with van der Waals surface area (Å²) in [4.78, 5) is 12.4. The van der Waals surface area contributed by atoms with E-state index < -0.39 is 17.5 Å². The van der Waals surface area contributed by atoms with Crippen molar-refractivity contribution in [2.75, 3.05) is 0 Å². The maximum absolute atomic E-state index is 14.9. The van der Waals surface area contributed by atoms with Gasteiger partial charge < -0.3 is 4.74 Å². The Bertz CT molecular complexity index is 1060. The first-order chi connectivity index (χ1) is 15.9. The van der Waals surface area contributed by atoms with Crippen LogP contribution in [0, 0.1) is 23.4 Å². The molecule has 3 aromatic rings. The monoisotopic (exact) mass is 452 g/mol. The minimum atomic E-state index is -0.509. The maximum atomic E-state index is 14.9. The molecule has 33 heavy (non-hydrogen) atoms. The molecule has 1 aliphatic rings. The number of carbonyl (C=O) groups is 1. The predicted molar refractivity (Wildman–Crippen MR) is 122 cm³/mol. The van der Waals surface area contributed by atoms with Gasteiger partial charge >= 0.3 is 5.97 Å². The van der Waals surface area contributed by atoms with E-state index in [1.165, 1.54) is 36.4 Å². The molecule has 1 fully saturated rings. The molecule has 0 aromatic heterocycles. The quantitative estimate of drug-likeness (QED) is 0.289. The molecular formula is C28H27F3O2. The molecule has 172 valence electrons. The standard InChI is InChI=1S/C28H27F3O2/c1-18(19-5-3-2-4-6-19)15-25-26(30)16-22(17-27(25)31)20-7-9-21(10-8-20)28(32)33-24-13-11-23(29)12-14-24/h2-6,11-14,16-18,20-21H,7-10,15H2,1H3/t18-,20?,21?/m1/s1. The first-order valence-electron chi connectivity index (χ1n) is 11.4. The molecule has 0 N–H and O–H groups in total. The van der Waals surface area contributed by atoms with E-state index in [1.807, 2.05) is 37.3 Å². The molecule has 0 heterocycles. The Hall–Kier alpha value is -3.08. The minimum Gasteiger partial charge on any atom is -0.426 e. The van der Waals surface area contributed by atoms with E-state index in [-0.39, 0.29) is 29.3 Å². The van der Waals surface area contributed by atoms with E-state index in [0.717, 1.165) is 5.56 Å². The lowest BCUT2D eigenvalue weighted by Crippen LogP contribution is -2.25. The average molecular weight is 453 g/mol. The number of hydrogen-bond acceptors (Lipinski definition) is 2. The van der Waals surface area contributed by atoms with Crippen LogP contribution in [0.15, 0.2) is 66.7 Å². The van der Waals surface area contributed by atoms with E-state index in [4.69, 9.17) is 4.74 Å². The van der Waals surface area contributed by atoms with Gasteiger partial charge in [0.2, 0.25) is 0 Å². The summed E-state index contributed by atoms with van der Waals surface area (Å²) in [5.41, 5.74) is 1.81. The maximum Gasteiger partial charge on any atom is 0.314 e. The molecule has 0 spiro atoms. The highest BCUT2D eigenvalue weighted by atomic mass is 19.1. The second-order valence-corrected chi connectivity index (χ2v) is 8.90. The topological polar surface area (TPSA) is 26.3 Å². The molecule has 0 radical (unpaired) electrons. The highest BCUT2D eigenvalue weighted by molar-refractivity contribution is 5.75. The van der Waals surface area contributed by atoms with Crippen LogP contribution in [0.4, 0.5) is 13.2 Å². The molecule has 3 aromatic carbocycles. The molecular weight excluding hydrogens is 425 g/mol. The summed E-state index contributed by atoms with van der Waals surface area (Å²) < 4.78 is 48.1. The predicted octanol–water partition coefficient (Wildman–Crippen LogP) is 7.33. The zero-order valence-electron chi connectivity index (χ0n) is 18.6. The Morgan fingerprint density at radius 2 is 1.52 bits per heavy atom. The van der Waals surface area contributed by atoms with Crippen molar-refractivity contribution in [1.82, 2.24) is 0 Å². The van der Waals surface area contributed by atoms with Crippen molar-refractivity contribution >= 4 is 5.97 Å².